The number of thiophene rings is 1. The number of fused-ring (bicyclic) bond motifs is 1. The number of thioether (sulfide) groups is 1. The van der Waals surface area contributed by atoms with Crippen LogP contribution in [0.4, 0.5) is 5.69 Å². The van der Waals surface area contributed by atoms with Gasteiger partial charge in [0.05, 0.1) is 15.6 Å². The molecule has 2 unspecified atom stereocenters. The van der Waals surface area contributed by atoms with Gasteiger partial charge in [-0.3, -0.25) is 0 Å². The summed E-state index contributed by atoms with van der Waals surface area (Å²) in [4.78, 5) is 10.5. The van der Waals surface area contributed by atoms with E-state index in [1.807, 2.05) is 43.1 Å². The molecule has 2 atom stereocenters. The Labute approximate surface area is 219 Å². The summed E-state index contributed by atoms with van der Waals surface area (Å²) in [5.74, 6) is 2.06. The summed E-state index contributed by atoms with van der Waals surface area (Å²) in [7, 11) is 0.436. The van der Waals surface area contributed by atoms with Crippen LogP contribution in [0.2, 0.25) is 0 Å². The monoisotopic (exact) mass is 667 g/mol. The molecule has 0 amide bonds. The van der Waals surface area contributed by atoms with E-state index < -0.39 is 0 Å². The summed E-state index contributed by atoms with van der Waals surface area (Å²) in [5.41, 5.74) is 11.6. The third-order valence-electron chi connectivity index (χ3n) is 5.39. The molecule has 174 valence electrons. The molecule has 4 rings (SSSR count). The van der Waals surface area contributed by atoms with Crippen molar-refractivity contribution in [2.45, 2.75) is 41.6 Å². The minimum absolute atomic E-state index is 0. The SMILES string of the molecule is C=C/C=C(\C=C/C)c1cc(C2=CPC([N-]CCO)N=C2)nc2sc(SC3CCC3)c(N)c12.[W]. The number of anilines is 1. The molecule has 1 fully saturated rings. The molecule has 0 radical (unpaired) electrons. The average molecular weight is 667 g/mol. The van der Waals surface area contributed by atoms with Crippen LogP contribution in [-0.2, 0) is 21.1 Å². The summed E-state index contributed by atoms with van der Waals surface area (Å²) in [6, 6.07) is 2.12. The van der Waals surface area contributed by atoms with Crippen molar-refractivity contribution >= 4 is 64.9 Å². The Morgan fingerprint density at radius 2 is 2.27 bits per heavy atom. The van der Waals surface area contributed by atoms with E-state index in [0.717, 1.165) is 38.3 Å². The van der Waals surface area contributed by atoms with Gasteiger partial charge in [-0.25, -0.2) is 4.98 Å². The van der Waals surface area contributed by atoms with E-state index in [-0.39, 0.29) is 33.6 Å². The first-order valence-corrected chi connectivity index (χ1v) is 13.6. The molecule has 2 aromatic rings. The van der Waals surface area contributed by atoms with Crippen LogP contribution < -0.4 is 5.73 Å². The van der Waals surface area contributed by atoms with E-state index in [9.17, 15) is 0 Å². The van der Waals surface area contributed by atoms with Crippen molar-refractivity contribution in [2.24, 2.45) is 4.99 Å². The molecule has 1 aliphatic heterocycles. The number of rotatable bonds is 9. The molecule has 2 aromatic heterocycles. The molecule has 0 spiro atoms. The topological polar surface area (TPSA) is 85.6 Å². The van der Waals surface area contributed by atoms with Gasteiger partial charge < -0.3 is 21.1 Å². The quantitative estimate of drug-likeness (QED) is 0.239. The van der Waals surface area contributed by atoms with Gasteiger partial charge >= 0.3 is 0 Å². The Morgan fingerprint density at radius 3 is 2.88 bits per heavy atom. The Hall–Kier alpha value is -1.07. The Morgan fingerprint density at radius 1 is 1.45 bits per heavy atom. The summed E-state index contributed by atoms with van der Waals surface area (Å²) in [6.07, 6.45) is 13.6. The van der Waals surface area contributed by atoms with Crippen LogP contribution in [-0.4, -0.2) is 40.6 Å². The number of hydrogen-bond donors (Lipinski definition) is 2. The minimum Gasteiger partial charge on any atom is -0.635 e. The van der Waals surface area contributed by atoms with Gasteiger partial charge in [0.1, 0.15) is 4.83 Å². The van der Waals surface area contributed by atoms with Crippen molar-refractivity contribution in [3.63, 3.8) is 0 Å². The fraction of sp³-hybridized carbons (Fsp3) is 0.333. The molecule has 1 aliphatic carbocycles. The second-order valence-corrected chi connectivity index (χ2v) is 11.3. The largest absolute Gasteiger partial charge is 0.635 e. The van der Waals surface area contributed by atoms with E-state index >= 15 is 0 Å². The number of aliphatic imine (C=N–C) groups is 1. The smallest absolute Gasteiger partial charge is 0.127 e. The Bertz CT molecular complexity index is 1120. The van der Waals surface area contributed by atoms with Crippen molar-refractivity contribution in [3.8, 4) is 0 Å². The predicted molar refractivity (Wildman–Crippen MR) is 144 cm³/mol. The fourth-order valence-electron chi connectivity index (χ4n) is 3.56. The number of nitrogen functional groups attached to an aromatic ring is 1. The Kier molecular flexibility index (Phi) is 10.1. The molecule has 3 N–H and O–H groups in total. The molecule has 0 bridgehead atoms. The number of nitrogens with zero attached hydrogens (tertiary/aromatic N) is 3. The summed E-state index contributed by atoms with van der Waals surface area (Å²) in [5, 5.41) is 15.1. The van der Waals surface area contributed by atoms with Crippen molar-refractivity contribution in [1.82, 2.24) is 4.98 Å². The summed E-state index contributed by atoms with van der Waals surface area (Å²) in [6.45, 7) is 6.39. The minimum atomic E-state index is -0.101. The van der Waals surface area contributed by atoms with Crippen molar-refractivity contribution in [2.75, 3.05) is 18.9 Å². The molecule has 0 saturated heterocycles. The summed E-state index contributed by atoms with van der Waals surface area (Å²) >= 11 is 3.60. The number of nitrogens with two attached hydrogens (primary N) is 1. The maximum absolute atomic E-state index is 9.00. The normalized spacial score (nSPS) is 19.6. The molecule has 1 saturated carbocycles. The first-order chi connectivity index (χ1) is 15.6. The van der Waals surface area contributed by atoms with Crippen LogP contribution in [0.1, 0.15) is 37.4 Å². The van der Waals surface area contributed by atoms with Crippen molar-refractivity contribution < 1.29 is 26.2 Å². The first-order valence-electron chi connectivity index (χ1n) is 10.8. The van der Waals surface area contributed by atoms with Gasteiger partial charge in [-0.05, 0) is 42.9 Å². The van der Waals surface area contributed by atoms with Gasteiger partial charge in [-0.1, -0.05) is 51.7 Å². The molecular formula is C24H28N4OPS2W-. The van der Waals surface area contributed by atoms with Gasteiger partial charge in [-0.2, -0.15) is 0 Å². The predicted octanol–water partition coefficient (Wildman–Crippen LogP) is 6.42. The number of hydrogen-bond acceptors (Lipinski definition) is 6. The molecule has 2 aliphatic rings. The van der Waals surface area contributed by atoms with Gasteiger partial charge in [0, 0.05) is 50.1 Å². The number of aromatic nitrogens is 1. The first kappa shape index (κ1) is 26.5. The van der Waals surface area contributed by atoms with Gasteiger partial charge in [0.25, 0.3) is 0 Å². The maximum atomic E-state index is 9.00. The second kappa shape index (κ2) is 12.6. The van der Waals surface area contributed by atoms with E-state index in [0.29, 0.717) is 20.4 Å². The van der Waals surface area contributed by atoms with Crippen LogP contribution >= 0.6 is 31.7 Å². The number of aliphatic hydroxyl groups is 1. The third kappa shape index (κ3) is 6.14. The average Bonchev–Trinajstić information content (AvgIpc) is 3.10. The zero-order chi connectivity index (χ0) is 22.5. The second-order valence-electron chi connectivity index (χ2n) is 7.61. The van der Waals surface area contributed by atoms with Gasteiger partial charge in [0.2, 0.25) is 0 Å². The van der Waals surface area contributed by atoms with E-state index in [1.165, 1.54) is 23.5 Å². The van der Waals surface area contributed by atoms with Crippen LogP contribution in [0.3, 0.4) is 0 Å². The third-order valence-corrected chi connectivity index (χ3v) is 9.16. The number of pyridine rings is 1. The molecule has 0 aromatic carbocycles. The zero-order valence-corrected chi connectivity index (χ0v) is 24.1. The zero-order valence-electron chi connectivity index (χ0n) is 18.5. The Balaban J connectivity index is 0.00000306. The van der Waals surface area contributed by atoms with E-state index in [2.05, 4.69) is 34.8 Å². The molecular weight excluding hydrogens is 639 g/mol. The maximum Gasteiger partial charge on any atom is 0.127 e. The molecule has 33 heavy (non-hydrogen) atoms. The van der Waals surface area contributed by atoms with E-state index in [1.54, 1.807) is 11.3 Å². The molecule has 9 heteroatoms. The molecule has 3 heterocycles. The molecule has 5 nitrogen and oxygen atoms in total. The van der Waals surface area contributed by atoms with Gasteiger partial charge in [-0.15, -0.1) is 29.6 Å². The van der Waals surface area contributed by atoms with Crippen LogP contribution in [0.15, 0.2) is 52.0 Å². The fourth-order valence-corrected chi connectivity index (χ4v) is 7.30. The van der Waals surface area contributed by atoms with Crippen LogP contribution in [0, 0.1) is 0 Å². The van der Waals surface area contributed by atoms with E-state index in [4.69, 9.17) is 15.8 Å². The van der Waals surface area contributed by atoms with Crippen LogP contribution in [0.25, 0.3) is 26.7 Å². The van der Waals surface area contributed by atoms with Gasteiger partial charge in [0.15, 0.2) is 0 Å². The van der Waals surface area contributed by atoms with Crippen LogP contribution in [0.5, 0.6) is 0 Å². The number of allylic oxidation sites excluding steroid dienone is 6. The summed E-state index contributed by atoms with van der Waals surface area (Å²) < 4.78 is 1.17. The number of aliphatic hydroxyl groups excluding tert-OH is 1. The van der Waals surface area contributed by atoms with Crippen molar-refractivity contribution in [1.29, 1.82) is 0 Å². The standard InChI is InChI=1S/C24H28N4OPS2.W/c1-3-6-15(7-4-2)18-12-19(16-13-27-24(30-14-16)26-10-11-29)28-22-20(18)21(25)23(32-22)31-17-8-5-9-17;/h3-4,6-7,12-14,17,24,29-30H,1,5,8-11,25H2,2H3;/q-1;/b7-4-,15-6+;. The van der Waals surface area contributed by atoms with Crippen molar-refractivity contribution in [3.05, 3.63) is 59.3 Å².